The molecular formula is C16H16ClFN4O2. The molecule has 1 aliphatic heterocycles. The van der Waals surface area contributed by atoms with Crippen LogP contribution in [-0.4, -0.2) is 52.1 Å². The lowest BCUT2D eigenvalue weighted by molar-refractivity contribution is 0.0621. The molecule has 2 heterocycles. The van der Waals surface area contributed by atoms with Crippen LogP contribution < -0.4 is 5.56 Å². The Morgan fingerprint density at radius 3 is 2.58 bits per heavy atom. The third kappa shape index (κ3) is 3.80. The first kappa shape index (κ1) is 16.6. The SMILES string of the molecule is O=C(c1ccc(=O)[nH]n1)N1CCN(Cc2ccc(F)cc2Cl)CC1. The standard InChI is InChI=1S/C16H16ClFN4O2/c17-13-9-12(18)2-1-11(13)10-21-5-7-22(8-6-21)16(24)14-3-4-15(23)20-19-14/h1-4,9H,5-8,10H2,(H,20,23). The van der Waals surface area contributed by atoms with Crippen molar-refractivity contribution in [2.75, 3.05) is 26.2 Å². The van der Waals surface area contributed by atoms with Gasteiger partial charge in [-0.3, -0.25) is 14.5 Å². The van der Waals surface area contributed by atoms with Gasteiger partial charge in [0.15, 0.2) is 0 Å². The maximum Gasteiger partial charge on any atom is 0.274 e. The highest BCUT2D eigenvalue weighted by atomic mass is 35.5. The molecule has 2 aromatic rings. The van der Waals surface area contributed by atoms with Crippen LogP contribution in [0.4, 0.5) is 4.39 Å². The number of nitrogens with one attached hydrogen (secondary N) is 1. The third-order valence-corrected chi connectivity index (χ3v) is 4.32. The van der Waals surface area contributed by atoms with Gasteiger partial charge in [-0.05, 0) is 23.8 Å². The smallest absolute Gasteiger partial charge is 0.274 e. The molecule has 126 valence electrons. The predicted molar refractivity (Wildman–Crippen MR) is 87.4 cm³/mol. The van der Waals surface area contributed by atoms with Crippen LogP contribution in [0.2, 0.25) is 5.02 Å². The molecule has 0 saturated carbocycles. The van der Waals surface area contributed by atoms with E-state index in [2.05, 4.69) is 15.1 Å². The number of rotatable bonds is 3. The molecule has 0 unspecified atom stereocenters. The van der Waals surface area contributed by atoms with Crippen molar-refractivity contribution in [3.63, 3.8) is 0 Å². The molecule has 3 rings (SSSR count). The number of nitrogens with zero attached hydrogens (tertiary/aromatic N) is 3. The van der Waals surface area contributed by atoms with Gasteiger partial charge in [-0.25, -0.2) is 9.49 Å². The lowest BCUT2D eigenvalue weighted by Crippen LogP contribution is -2.48. The maximum absolute atomic E-state index is 13.1. The van der Waals surface area contributed by atoms with E-state index in [1.165, 1.54) is 24.3 Å². The van der Waals surface area contributed by atoms with Gasteiger partial charge in [-0.1, -0.05) is 17.7 Å². The van der Waals surface area contributed by atoms with E-state index in [0.29, 0.717) is 37.7 Å². The minimum absolute atomic E-state index is 0.203. The van der Waals surface area contributed by atoms with Gasteiger partial charge in [0.2, 0.25) is 0 Å². The summed E-state index contributed by atoms with van der Waals surface area (Å²) in [6, 6.07) is 7.08. The minimum atomic E-state index is -0.354. The first-order valence-electron chi connectivity index (χ1n) is 7.54. The second kappa shape index (κ2) is 7.11. The van der Waals surface area contributed by atoms with Crippen LogP contribution in [0.1, 0.15) is 16.1 Å². The second-order valence-electron chi connectivity index (χ2n) is 5.61. The van der Waals surface area contributed by atoms with E-state index < -0.39 is 0 Å². The fraction of sp³-hybridized carbons (Fsp3) is 0.312. The largest absolute Gasteiger partial charge is 0.335 e. The van der Waals surface area contributed by atoms with Crippen molar-refractivity contribution in [2.24, 2.45) is 0 Å². The number of carbonyl (C=O) groups is 1. The number of aromatic nitrogens is 2. The van der Waals surface area contributed by atoms with E-state index in [1.54, 1.807) is 11.0 Å². The molecule has 24 heavy (non-hydrogen) atoms. The van der Waals surface area contributed by atoms with Crippen LogP contribution in [0.5, 0.6) is 0 Å². The Hall–Kier alpha value is -2.25. The van der Waals surface area contributed by atoms with Crippen molar-refractivity contribution < 1.29 is 9.18 Å². The highest BCUT2D eigenvalue weighted by Crippen LogP contribution is 2.20. The Labute approximate surface area is 142 Å². The van der Waals surface area contributed by atoms with Crippen molar-refractivity contribution in [2.45, 2.75) is 6.54 Å². The molecule has 1 aromatic carbocycles. The van der Waals surface area contributed by atoms with Gasteiger partial charge in [-0.2, -0.15) is 5.10 Å². The quantitative estimate of drug-likeness (QED) is 0.911. The number of benzene rings is 1. The van der Waals surface area contributed by atoms with Crippen molar-refractivity contribution in [3.05, 3.63) is 62.8 Å². The van der Waals surface area contributed by atoms with Crippen LogP contribution in [0, 0.1) is 5.82 Å². The first-order chi connectivity index (χ1) is 11.5. The van der Waals surface area contributed by atoms with Gasteiger partial charge in [0.1, 0.15) is 11.5 Å². The van der Waals surface area contributed by atoms with Gasteiger partial charge in [0.05, 0.1) is 0 Å². The summed E-state index contributed by atoms with van der Waals surface area (Å²) in [5.74, 6) is -0.557. The van der Waals surface area contributed by atoms with Gasteiger partial charge < -0.3 is 4.90 Å². The number of carbonyl (C=O) groups excluding carboxylic acids is 1. The molecule has 6 nitrogen and oxygen atoms in total. The summed E-state index contributed by atoms with van der Waals surface area (Å²) >= 11 is 6.05. The second-order valence-corrected chi connectivity index (χ2v) is 6.02. The lowest BCUT2D eigenvalue weighted by atomic mass is 10.2. The Morgan fingerprint density at radius 2 is 1.96 bits per heavy atom. The average molecular weight is 351 g/mol. The van der Waals surface area contributed by atoms with Crippen molar-refractivity contribution in [1.82, 2.24) is 20.0 Å². The topological polar surface area (TPSA) is 69.3 Å². The summed E-state index contributed by atoms with van der Waals surface area (Å²) in [5, 5.41) is 6.44. The summed E-state index contributed by atoms with van der Waals surface area (Å²) in [7, 11) is 0. The van der Waals surface area contributed by atoms with E-state index in [9.17, 15) is 14.0 Å². The summed E-state index contributed by atoms with van der Waals surface area (Å²) in [6.07, 6.45) is 0. The number of amides is 1. The average Bonchev–Trinajstić information content (AvgIpc) is 2.58. The van der Waals surface area contributed by atoms with Crippen molar-refractivity contribution in [3.8, 4) is 0 Å². The van der Waals surface area contributed by atoms with Gasteiger partial charge in [0.25, 0.3) is 11.5 Å². The summed E-state index contributed by atoms with van der Waals surface area (Å²) in [6.45, 7) is 3.08. The number of aromatic amines is 1. The van der Waals surface area contributed by atoms with Gasteiger partial charge in [-0.15, -0.1) is 0 Å². The molecular weight excluding hydrogens is 335 g/mol. The molecule has 0 aliphatic carbocycles. The van der Waals surface area contributed by atoms with Crippen LogP contribution in [0.25, 0.3) is 0 Å². The van der Waals surface area contributed by atoms with E-state index in [0.717, 1.165) is 5.56 Å². The van der Waals surface area contributed by atoms with Crippen molar-refractivity contribution in [1.29, 1.82) is 0 Å². The normalized spacial score (nSPS) is 15.5. The summed E-state index contributed by atoms with van der Waals surface area (Å²) < 4.78 is 13.1. The monoisotopic (exact) mass is 350 g/mol. The third-order valence-electron chi connectivity index (χ3n) is 3.97. The first-order valence-corrected chi connectivity index (χ1v) is 7.92. The highest BCUT2D eigenvalue weighted by Gasteiger charge is 2.23. The molecule has 0 bridgehead atoms. The number of piperazine rings is 1. The van der Waals surface area contributed by atoms with E-state index in [1.807, 2.05) is 0 Å². The molecule has 1 saturated heterocycles. The van der Waals surface area contributed by atoms with Crippen LogP contribution in [0.3, 0.4) is 0 Å². The zero-order valence-electron chi connectivity index (χ0n) is 12.8. The zero-order valence-corrected chi connectivity index (χ0v) is 13.6. The maximum atomic E-state index is 13.1. The molecule has 1 aliphatic rings. The van der Waals surface area contributed by atoms with Crippen LogP contribution in [0.15, 0.2) is 35.1 Å². The molecule has 1 aromatic heterocycles. The minimum Gasteiger partial charge on any atom is -0.335 e. The Bertz CT molecular complexity index is 782. The molecule has 0 radical (unpaired) electrons. The molecule has 1 N–H and O–H groups in total. The Morgan fingerprint density at radius 1 is 1.21 bits per heavy atom. The van der Waals surface area contributed by atoms with E-state index in [-0.39, 0.29) is 23.0 Å². The molecule has 0 atom stereocenters. The number of hydrogen-bond acceptors (Lipinski definition) is 4. The molecule has 0 spiro atoms. The Balaban J connectivity index is 1.58. The predicted octanol–water partition coefficient (Wildman–Crippen LogP) is 1.52. The van der Waals surface area contributed by atoms with E-state index in [4.69, 9.17) is 11.6 Å². The summed E-state index contributed by atoms with van der Waals surface area (Å²) in [5.41, 5.74) is 0.748. The van der Waals surface area contributed by atoms with Crippen molar-refractivity contribution >= 4 is 17.5 Å². The zero-order chi connectivity index (χ0) is 17.1. The van der Waals surface area contributed by atoms with Crippen LogP contribution >= 0.6 is 11.6 Å². The number of H-pyrrole nitrogens is 1. The van der Waals surface area contributed by atoms with Crippen LogP contribution in [-0.2, 0) is 6.54 Å². The lowest BCUT2D eigenvalue weighted by Gasteiger charge is -2.34. The fourth-order valence-corrected chi connectivity index (χ4v) is 2.85. The molecule has 1 amide bonds. The number of halogens is 2. The Kier molecular flexibility index (Phi) is 4.92. The van der Waals surface area contributed by atoms with Gasteiger partial charge >= 0.3 is 0 Å². The fourth-order valence-electron chi connectivity index (χ4n) is 2.63. The molecule has 8 heteroatoms. The highest BCUT2D eigenvalue weighted by molar-refractivity contribution is 6.31. The molecule has 1 fully saturated rings. The number of hydrogen-bond donors (Lipinski definition) is 1. The summed E-state index contributed by atoms with van der Waals surface area (Å²) in [4.78, 5) is 27.2. The van der Waals surface area contributed by atoms with Gasteiger partial charge in [0, 0.05) is 43.8 Å². The van der Waals surface area contributed by atoms with E-state index >= 15 is 0 Å².